The van der Waals surface area contributed by atoms with Crippen LogP contribution in [0.3, 0.4) is 0 Å². The molecule has 6 rings (SSSR count). The fourth-order valence-corrected chi connectivity index (χ4v) is 6.03. The number of benzene rings is 1. The van der Waals surface area contributed by atoms with E-state index in [-0.39, 0.29) is 36.4 Å². The molecule has 1 aromatic carbocycles. The molecule has 1 aliphatic carbocycles. The number of hydrogen-bond donors (Lipinski definition) is 1. The number of para-hydroxylation sites is 1. The van der Waals surface area contributed by atoms with Crippen molar-refractivity contribution in [3.05, 3.63) is 60.9 Å². The Balaban J connectivity index is 1.28. The first kappa shape index (κ1) is 28.2. The zero-order valence-electron chi connectivity index (χ0n) is 24.1. The fraction of sp³-hybridized carbons (Fsp3) is 0.452. The Hall–Kier alpha value is -3.96. The van der Waals surface area contributed by atoms with E-state index >= 15 is 0 Å². The van der Waals surface area contributed by atoms with E-state index < -0.39 is 11.9 Å². The fourth-order valence-electron chi connectivity index (χ4n) is 6.03. The molecule has 3 aromatic heterocycles. The van der Waals surface area contributed by atoms with Crippen molar-refractivity contribution in [2.24, 2.45) is 0 Å². The molecule has 1 N–H and O–H groups in total. The first-order chi connectivity index (χ1) is 20.2. The second-order valence-corrected chi connectivity index (χ2v) is 11.4. The van der Waals surface area contributed by atoms with Gasteiger partial charge in [-0.3, -0.25) is 9.58 Å². The molecule has 1 aliphatic heterocycles. The lowest BCUT2D eigenvalue weighted by Crippen LogP contribution is -2.29. The lowest BCUT2D eigenvalue weighted by molar-refractivity contribution is -0.139. The number of halogens is 1. The molecule has 10 nitrogen and oxygen atoms in total. The van der Waals surface area contributed by atoms with Gasteiger partial charge in [-0.25, -0.2) is 14.2 Å². The number of fused-ring (bicyclic) bond motifs is 1. The Morgan fingerprint density at radius 3 is 2.67 bits per heavy atom. The molecule has 0 spiro atoms. The van der Waals surface area contributed by atoms with Crippen molar-refractivity contribution in [3.8, 4) is 16.9 Å². The highest BCUT2D eigenvalue weighted by atomic mass is 19.1. The predicted octanol–water partition coefficient (Wildman–Crippen LogP) is 6.26. The summed E-state index contributed by atoms with van der Waals surface area (Å²) in [5, 5.41) is 15.2. The van der Waals surface area contributed by atoms with Gasteiger partial charge in [-0.15, -0.1) is 0 Å². The van der Waals surface area contributed by atoms with Gasteiger partial charge in [0.15, 0.2) is 17.4 Å². The van der Waals surface area contributed by atoms with Crippen LogP contribution in [0, 0.1) is 5.82 Å². The third-order valence-electron chi connectivity index (χ3n) is 8.10. The van der Waals surface area contributed by atoms with E-state index in [4.69, 9.17) is 14.2 Å². The number of amides is 1. The molecule has 222 valence electrons. The molecule has 0 bridgehead atoms. The third kappa shape index (κ3) is 5.71. The second kappa shape index (κ2) is 11.4. The Morgan fingerprint density at radius 2 is 1.98 bits per heavy atom. The average molecular weight is 578 g/mol. The van der Waals surface area contributed by atoms with Crippen LogP contribution < -0.4 is 9.64 Å². The summed E-state index contributed by atoms with van der Waals surface area (Å²) < 4.78 is 35.9. The van der Waals surface area contributed by atoms with E-state index in [2.05, 4.69) is 20.8 Å². The molecule has 4 aromatic rings. The predicted molar refractivity (Wildman–Crippen MR) is 155 cm³/mol. The van der Waals surface area contributed by atoms with Crippen molar-refractivity contribution in [1.29, 1.82) is 0 Å². The highest BCUT2D eigenvalue weighted by molar-refractivity contribution is 5.97. The zero-order chi connectivity index (χ0) is 29.4. The number of hydrogen-bond acceptors (Lipinski definition) is 6. The summed E-state index contributed by atoms with van der Waals surface area (Å²) in [6.45, 7) is 6.96. The van der Waals surface area contributed by atoms with Crippen LogP contribution in [0.5, 0.6) is 5.75 Å². The molecule has 1 unspecified atom stereocenters. The van der Waals surface area contributed by atoms with Crippen molar-refractivity contribution in [1.82, 2.24) is 19.3 Å². The van der Waals surface area contributed by atoms with Gasteiger partial charge in [-0.05, 0) is 58.6 Å². The summed E-state index contributed by atoms with van der Waals surface area (Å²) >= 11 is 0. The number of pyridine rings is 1. The molecular weight excluding hydrogens is 541 g/mol. The number of aromatic nitrogens is 4. The van der Waals surface area contributed by atoms with Crippen LogP contribution in [0.25, 0.3) is 22.0 Å². The Labute approximate surface area is 243 Å². The van der Waals surface area contributed by atoms with Crippen LogP contribution in [0.15, 0.2) is 55.1 Å². The molecule has 0 radical (unpaired) electrons. The van der Waals surface area contributed by atoms with E-state index in [0.717, 1.165) is 47.7 Å². The smallest absolute Gasteiger partial charge is 0.412 e. The van der Waals surface area contributed by atoms with E-state index in [1.807, 2.05) is 37.0 Å². The minimum absolute atomic E-state index is 0.0655. The van der Waals surface area contributed by atoms with Gasteiger partial charge in [-0.1, -0.05) is 12.1 Å². The first-order valence-electron chi connectivity index (χ1n) is 14.5. The number of anilines is 1. The zero-order valence-corrected chi connectivity index (χ0v) is 24.1. The van der Waals surface area contributed by atoms with E-state index in [0.29, 0.717) is 19.0 Å². The summed E-state index contributed by atoms with van der Waals surface area (Å²) in [7, 11) is 0. The topological polar surface area (TPSA) is 104 Å². The molecule has 1 saturated heterocycles. The molecular formula is C31H36FN5O5. The normalized spacial score (nSPS) is 22.0. The maximum absolute atomic E-state index is 14.2. The summed E-state index contributed by atoms with van der Waals surface area (Å²) in [6, 6.07) is 8.53. The van der Waals surface area contributed by atoms with Crippen LogP contribution in [-0.4, -0.2) is 61.7 Å². The number of ether oxygens (including phenoxy) is 3. The monoisotopic (exact) mass is 577 g/mol. The van der Waals surface area contributed by atoms with Gasteiger partial charge in [0.05, 0.1) is 31.0 Å². The van der Waals surface area contributed by atoms with E-state index in [9.17, 15) is 14.3 Å². The second-order valence-electron chi connectivity index (χ2n) is 11.4. The van der Waals surface area contributed by atoms with Crippen molar-refractivity contribution in [2.75, 3.05) is 18.1 Å². The lowest BCUT2D eigenvalue weighted by Gasteiger charge is -2.30. The summed E-state index contributed by atoms with van der Waals surface area (Å²) in [6.07, 6.45) is 9.74. The van der Waals surface area contributed by atoms with Crippen molar-refractivity contribution < 1.29 is 28.5 Å². The van der Waals surface area contributed by atoms with Gasteiger partial charge in [0.2, 0.25) is 0 Å². The van der Waals surface area contributed by atoms with Crippen LogP contribution >= 0.6 is 0 Å². The highest BCUT2D eigenvalue weighted by Gasteiger charge is 2.33. The van der Waals surface area contributed by atoms with Crippen LogP contribution in [0.2, 0.25) is 0 Å². The van der Waals surface area contributed by atoms with Gasteiger partial charge in [-0.2, -0.15) is 5.10 Å². The third-order valence-corrected chi connectivity index (χ3v) is 8.10. The van der Waals surface area contributed by atoms with E-state index in [1.165, 1.54) is 11.0 Å². The molecule has 4 heterocycles. The van der Waals surface area contributed by atoms with Crippen molar-refractivity contribution in [3.63, 3.8) is 0 Å². The summed E-state index contributed by atoms with van der Waals surface area (Å²) in [5.41, 5.74) is 2.83. The van der Waals surface area contributed by atoms with Crippen LogP contribution in [0.4, 0.5) is 15.0 Å². The SMILES string of the molecule is CCN(C(=O)O)c1cc2c(cn1)c(-c1cnn(CC3COC(C)(C)O3)c1)cn2C1CCC(Oc2ccccc2F)CC1. The molecule has 1 amide bonds. The Kier molecular flexibility index (Phi) is 7.63. The maximum Gasteiger partial charge on any atom is 0.412 e. The maximum atomic E-state index is 14.2. The Bertz CT molecular complexity index is 1570. The quantitative estimate of drug-likeness (QED) is 0.264. The van der Waals surface area contributed by atoms with Gasteiger partial charge in [0, 0.05) is 53.8 Å². The van der Waals surface area contributed by atoms with E-state index in [1.54, 1.807) is 31.3 Å². The number of nitrogens with zero attached hydrogens (tertiary/aromatic N) is 5. The number of carboxylic acid groups (broad SMARTS) is 1. The van der Waals surface area contributed by atoms with Gasteiger partial charge >= 0.3 is 6.09 Å². The Morgan fingerprint density at radius 1 is 1.19 bits per heavy atom. The average Bonchev–Trinajstić information content (AvgIpc) is 3.67. The largest absolute Gasteiger partial charge is 0.487 e. The molecule has 1 saturated carbocycles. The number of rotatable bonds is 8. The number of carbonyl (C=O) groups is 1. The van der Waals surface area contributed by atoms with Gasteiger partial charge < -0.3 is 23.9 Å². The van der Waals surface area contributed by atoms with Crippen LogP contribution in [-0.2, 0) is 16.0 Å². The standard InChI is InChI=1S/C31H36FN5O5/c1-4-36(30(38)39)29-13-27-24(15-33-29)25(20-14-34-35(16-20)17-23-19-40-31(2,3)42-23)18-37(27)21-9-11-22(12-10-21)41-28-8-6-5-7-26(28)32/h5-8,13-16,18,21-23H,4,9-12,17,19H2,1-3H3,(H,38,39). The minimum atomic E-state index is -1.05. The molecule has 2 fully saturated rings. The lowest BCUT2D eigenvalue weighted by atomic mass is 9.92. The molecule has 1 atom stereocenters. The highest BCUT2D eigenvalue weighted by Crippen LogP contribution is 2.39. The van der Waals surface area contributed by atoms with Gasteiger partial charge in [0.25, 0.3) is 0 Å². The summed E-state index contributed by atoms with van der Waals surface area (Å²) in [4.78, 5) is 17.6. The first-order valence-corrected chi connectivity index (χ1v) is 14.5. The molecule has 11 heteroatoms. The molecule has 42 heavy (non-hydrogen) atoms. The van der Waals surface area contributed by atoms with Gasteiger partial charge in [0.1, 0.15) is 11.9 Å². The van der Waals surface area contributed by atoms with Crippen molar-refractivity contribution >= 4 is 22.8 Å². The van der Waals surface area contributed by atoms with Crippen molar-refractivity contribution in [2.45, 2.75) is 77.0 Å². The molecule has 2 aliphatic rings. The summed E-state index contributed by atoms with van der Waals surface area (Å²) in [5.74, 6) is -0.277. The van der Waals surface area contributed by atoms with Crippen LogP contribution in [0.1, 0.15) is 52.5 Å². The minimum Gasteiger partial charge on any atom is -0.487 e.